The Kier molecular flexibility index (Phi) is 4.63. The largest absolute Gasteiger partial charge is 0.494 e. The number of benzene rings is 1. The second-order valence-corrected chi connectivity index (χ2v) is 6.55. The molecule has 0 spiro atoms. The van der Waals surface area contributed by atoms with Crippen molar-refractivity contribution in [2.24, 2.45) is 0 Å². The number of sulfonamides is 1. The molecule has 0 bridgehead atoms. The minimum absolute atomic E-state index is 0.0555. The first-order valence-electron chi connectivity index (χ1n) is 6.71. The molecule has 0 saturated heterocycles. The fourth-order valence-electron chi connectivity index (χ4n) is 2.03. The Morgan fingerprint density at radius 1 is 1.35 bits per heavy atom. The van der Waals surface area contributed by atoms with Gasteiger partial charge in [0, 0.05) is 19.0 Å². The van der Waals surface area contributed by atoms with E-state index in [2.05, 4.69) is 0 Å². The summed E-state index contributed by atoms with van der Waals surface area (Å²) in [7, 11) is -3.52. The van der Waals surface area contributed by atoms with Gasteiger partial charge < -0.3 is 4.74 Å². The van der Waals surface area contributed by atoms with E-state index in [9.17, 15) is 8.42 Å². The van der Waals surface area contributed by atoms with Crippen LogP contribution >= 0.6 is 0 Å². The van der Waals surface area contributed by atoms with Crippen LogP contribution in [-0.2, 0) is 10.0 Å². The molecule has 0 radical (unpaired) electrons. The molecule has 0 amide bonds. The molecular weight excluding hydrogens is 276 g/mol. The second kappa shape index (κ2) is 6.25. The van der Waals surface area contributed by atoms with Crippen LogP contribution < -0.4 is 4.74 Å². The van der Waals surface area contributed by atoms with Gasteiger partial charge in [-0.25, -0.2) is 8.42 Å². The quantitative estimate of drug-likeness (QED) is 0.772. The van der Waals surface area contributed by atoms with E-state index in [0.29, 0.717) is 12.4 Å². The van der Waals surface area contributed by atoms with Crippen LogP contribution in [-0.4, -0.2) is 31.9 Å². The lowest BCUT2D eigenvalue weighted by Gasteiger charge is -2.20. The summed E-state index contributed by atoms with van der Waals surface area (Å²) in [5.74, 6) is 0.654. The van der Waals surface area contributed by atoms with E-state index in [1.807, 2.05) is 13.0 Å². The topological polar surface area (TPSA) is 70.4 Å². The molecule has 1 aliphatic carbocycles. The summed E-state index contributed by atoms with van der Waals surface area (Å²) in [6.07, 6.45) is 1.97. The van der Waals surface area contributed by atoms with Crippen LogP contribution in [0.5, 0.6) is 5.75 Å². The average molecular weight is 294 g/mol. The van der Waals surface area contributed by atoms with Gasteiger partial charge in [0.2, 0.25) is 10.0 Å². The Morgan fingerprint density at radius 2 is 2.00 bits per heavy atom. The Bertz CT molecular complexity index is 586. The molecule has 1 saturated carbocycles. The zero-order chi connectivity index (χ0) is 14.6. The molecule has 108 valence electrons. The number of hydrogen-bond donors (Lipinski definition) is 0. The lowest BCUT2D eigenvalue weighted by molar-refractivity contribution is 0.340. The number of ether oxygens (including phenoxy) is 1. The molecular formula is C14H18N2O3S. The van der Waals surface area contributed by atoms with Gasteiger partial charge in [0.15, 0.2) is 0 Å². The molecule has 1 aliphatic rings. The summed E-state index contributed by atoms with van der Waals surface area (Å²) < 4.78 is 31.9. The van der Waals surface area contributed by atoms with E-state index in [0.717, 1.165) is 12.8 Å². The fraction of sp³-hybridized carbons (Fsp3) is 0.500. The zero-order valence-corrected chi connectivity index (χ0v) is 12.3. The van der Waals surface area contributed by atoms with Crippen molar-refractivity contribution in [1.29, 1.82) is 5.26 Å². The predicted molar refractivity (Wildman–Crippen MR) is 74.8 cm³/mol. The van der Waals surface area contributed by atoms with Gasteiger partial charge >= 0.3 is 0 Å². The minimum Gasteiger partial charge on any atom is -0.494 e. The maximum Gasteiger partial charge on any atom is 0.243 e. The summed E-state index contributed by atoms with van der Waals surface area (Å²) >= 11 is 0. The standard InChI is InChI=1S/C14H18N2O3S/c1-2-19-13-6-8-14(9-7-13)20(17,18)16(11-3-10-15)12-4-5-12/h6-9,12H,2-5,11H2,1H3. The predicted octanol–water partition coefficient (Wildman–Crippen LogP) is 2.15. The Hall–Kier alpha value is -1.58. The SMILES string of the molecule is CCOc1ccc(S(=O)(=O)N(CCC#N)C2CC2)cc1. The van der Waals surface area contributed by atoms with Crippen LogP contribution in [0, 0.1) is 11.3 Å². The molecule has 1 aromatic rings. The van der Waals surface area contributed by atoms with Gasteiger partial charge in [-0.05, 0) is 44.0 Å². The second-order valence-electron chi connectivity index (χ2n) is 4.66. The average Bonchev–Trinajstić information content (AvgIpc) is 3.24. The van der Waals surface area contributed by atoms with Gasteiger partial charge in [-0.2, -0.15) is 9.57 Å². The van der Waals surface area contributed by atoms with E-state index >= 15 is 0 Å². The zero-order valence-electron chi connectivity index (χ0n) is 11.4. The molecule has 1 fully saturated rings. The third-order valence-corrected chi connectivity index (χ3v) is 5.11. The Labute approximate surface area is 119 Å². The minimum atomic E-state index is -3.52. The lowest BCUT2D eigenvalue weighted by Crippen LogP contribution is -2.33. The summed E-state index contributed by atoms with van der Waals surface area (Å²) in [6.45, 7) is 2.68. The summed E-state index contributed by atoms with van der Waals surface area (Å²) in [5, 5.41) is 8.66. The fourth-order valence-corrected chi connectivity index (χ4v) is 3.72. The highest BCUT2D eigenvalue weighted by Crippen LogP contribution is 2.32. The molecule has 0 heterocycles. The molecule has 5 nitrogen and oxygen atoms in total. The van der Waals surface area contributed by atoms with Crippen LogP contribution in [0.1, 0.15) is 26.2 Å². The molecule has 0 unspecified atom stereocenters. The first kappa shape index (κ1) is 14.8. The van der Waals surface area contributed by atoms with Crippen molar-refractivity contribution >= 4 is 10.0 Å². The van der Waals surface area contributed by atoms with Gasteiger partial charge in [0.25, 0.3) is 0 Å². The molecule has 0 aliphatic heterocycles. The molecule has 20 heavy (non-hydrogen) atoms. The van der Waals surface area contributed by atoms with Crippen LogP contribution in [0.15, 0.2) is 29.2 Å². The van der Waals surface area contributed by atoms with Crippen molar-refractivity contribution < 1.29 is 13.2 Å². The summed E-state index contributed by atoms with van der Waals surface area (Å²) in [6, 6.07) is 8.49. The van der Waals surface area contributed by atoms with Crippen LogP contribution in [0.3, 0.4) is 0 Å². The normalized spacial score (nSPS) is 15.1. The van der Waals surface area contributed by atoms with Gasteiger partial charge in [-0.15, -0.1) is 0 Å². The third kappa shape index (κ3) is 3.30. The maximum absolute atomic E-state index is 12.6. The van der Waals surface area contributed by atoms with Crippen LogP contribution in [0.2, 0.25) is 0 Å². The Balaban J connectivity index is 2.21. The third-order valence-electron chi connectivity index (χ3n) is 3.14. The number of hydrogen-bond acceptors (Lipinski definition) is 4. The van der Waals surface area contributed by atoms with Crippen molar-refractivity contribution in [3.63, 3.8) is 0 Å². The van der Waals surface area contributed by atoms with Gasteiger partial charge in [-0.1, -0.05) is 0 Å². The molecule has 0 aromatic heterocycles. The molecule has 2 rings (SSSR count). The van der Waals surface area contributed by atoms with Crippen molar-refractivity contribution in [2.45, 2.75) is 37.1 Å². The van der Waals surface area contributed by atoms with Gasteiger partial charge in [0.1, 0.15) is 5.75 Å². The maximum atomic E-state index is 12.6. The monoisotopic (exact) mass is 294 g/mol. The highest BCUT2D eigenvalue weighted by Gasteiger charge is 2.37. The van der Waals surface area contributed by atoms with Crippen LogP contribution in [0.25, 0.3) is 0 Å². The van der Waals surface area contributed by atoms with Crippen LogP contribution in [0.4, 0.5) is 0 Å². The molecule has 6 heteroatoms. The van der Waals surface area contributed by atoms with Gasteiger partial charge in [0.05, 0.1) is 17.6 Å². The van der Waals surface area contributed by atoms with E-state index in [4.69, 9.17) is 10.00 Å². The first-order chi connectivity index (χ1) is 9.59. The lowest BCUT2D eigenvalue weighted by atomic mass is 10.3. The van der Waals surface area contributed by atoms with E-state index in [1.165, 1.54) is 4.31 Å². The van der Waals surface area contributed by atoms with E-state index in [1.54, 1.807) is 24.3 Å². The van der Waals surface area contributed by atoms with Crippen molar-refractivity contribution in [3.8, 4) is 11.8 Å². The van der Waals surface area contributed by atoms with Crippen molar-refractivity contribution in [1.82, 2.24) is 4.31 Å². The first-order valence-corrected chi connectivity index (χ1v) is 8.15. The smallest absolute Gasteiger partial charge is 0.243 e. The van der Waals surface area contributed by atoms with Crippen molar-refractivity contribution in [3.05, 3.63) is 24.3 Å². The van der Waals surface area contributed by atoms with Gasteiger partial charge in [-0.3, -0.25) is 0 Å². The van der Waals surface area contributed by atoms with Crippen molar-refractivity contribution in [2.75, 3.05) is 13.2 Å². The molecule has 0 atom stereocenters. The number of rotatable bonds is 7. The molecule has 1 aromatic carbocycles. The highest BCUT2D eigenvalue weighted by atomic mass is 32.2. The Morgan fingerprint density at radius 3 is 2.50 bits per heavy atom. The summed E-state index contributed by atoms with van der Waals surface area (Å²) in [4.78, 5) is 0.255. The van der Waals surface area contributed by atoms with E-state index < -0.39 is 10.0 Å². The summed E-state index contributed by atoms with van der Waals surface area (Å²) in [5.41, 5.74) is 0. The number of nitriles is 1. The van der Waals surface area contributed by atoms with E-state index in [-0.39, 0.29) is 23.9 Å². The highest BCUT2D eigenvalue weighted by molar-refractivity contribution is 7.89. The molecule has 0 N–H and O–H groups in total. The number of nitrogens with zero attached hydrogens (tertiary/aromatic N) is 2.